The Morgan fingerprint density at radius 3 is 2.50 bits per heavy atom. The molecule has 0 saturated carbocycles. The molecule has 190 valence electrons. The van der Waals surface area contributed by atoms with Crippen LogP contribution in [0, 0.1) is 5.92 Å². The third kappa shape index (κ3) is 5.40. The maximum atomic E-state index is 13.7. The first-order chi connectivity index (χ1) is 17.4. The van der Waals surface area contributed by atoms with Gasteiger partial charge in [-0.2, -0.15) is 0 Å². The summed E-state index contributed by atoms with van der Waals surface area (Å²) < 4.78 is 10.5. The fraction of sp³-hybridized carbons (Fsp3) is 0.444. The average Bonchev–Trinajstić information content (AvgIpc) is 3.16. The van der Waals surface area contributed by atoms with E-state index in [0.29, 0.717) is 50.3 Å². The standard InChI is InChI=1S/C27H31N3O6/c1-35-25(33)20-10-14-29(15-11-20)23(31)17-27(21-7-3-2-4-8-21)18-24(32)30(26(27)34)13-6-16-36-22-9-5-12-28-19-22/h2-5,7-9,12,19-20H,6,10-11,13-18H2,1H3. The van der Waals surface area contributed by atoms with Crippen LogP contribution in [-0.2, 0) is 29.3 Å². The van der Waals surface area contributed by atoms with Crippen molar-refractivity contribution in [1.29, 1.82) is 0 Å². The van der Waals surface area contributed by atoms with Crippen molar-refractivity contribution >= 4 is 23.7 Å². The minimum atomic E-state index is -1.24. The lowest BCUT2D eigenvalue weighted by atomic mass is 9.75. The molecule has 2 saturated heterocycles. The molecule has 3 heterocycles. The van der Waals surface area contributed by atoms with Crippen LogP contribution in [0.3, 0.4) is 0 Å². The molecule has 2 aromatic rings. The molecule has 0 N–H and O–H groups in total. The monoisotopic (exact) mass is 493 g/mol. The molecule has 3 amide bonds. The molecule has 2 fully saturated rings. The molecular formula is C27H31N3O6. The number of nitrogens with zero attached hydrogens (tertiary/aromatic N) is 3. The van der Waals surface area contributed by atoms with Gasteiger partial charge in [-0.05, 0) is 37.0 Å². The van der Waals surface area contributed by atoms with Crippen molar-refractivity contribution < 1.29 is 28.7 Å². The van der Waals surface area contributed by atoms with E-state index in [-0.39, 0.29) is 49.0 Å². The second kappa shape index (κ2) is 11.3. The second-order valence-electron chi connectivity index (χ2n) is 9.22. The number of rotatable bonds is 9. The van der Waals surface area contributed by atoms with Gasteiger partial charge in [0.25, 0.3) is 0 Å². The van der Waals surface area contributed by atoms with Crippen molar-refractivity contribution in [2.24, 2.45) is 5.92 Å². The van der Waals surface area contributed by atoms with Gasteiger partial charge >= 0.3 is 5.97 Å². The fourth-order valence-corrected chi connectivity index (χ4v) is 5.00. The number of hydrogen-bond donors (Lipinski definition) is 0. The molecule has 4 rings (SSSR count). The number of imide groups is 1. The number of pyridine rings is 1. The van der Waals surface area contributed by atoms with Crippen LogP contribution in [0.2, 0.25) is 0 Å². The molecule has 9 heteroatoms. The van der Waals surface area contributed by atoms with Crippen molar-refractivity contribution in [2.45, 2.75) is 37.5 Å². The average molecular weight is 494 g/mol. The zero-order valence-electron chi connectivity index (χ0n) is 20.4. The Morgan fingerprint density at radius 2 is 1.83 bits per heavy atom. The van der Waals surface area contributed by atoms with Crippen molar-refractivity contribution in [2.75, 3.05) is 33.4 Å². The summed E-state index contributed by atoms with van der Waals surface area (Å²) in [6.07, 6.45) is 4.62. The van der Waals surface area contributed by atoms with Crippen molar-refractivity contribution in [3.05, 3.63) is 60.4 Å². The van der Waals surface area contributed by atoms with Crippen LogP contribution in [0.5, 0.6) is 5.75 Å². The summed E-state index contributed by atoms with van der Waals surface area (Å²) >= 11 is 0. The minimum Gasteiger partial charge on any atom is -0.492 e. The number of aromatic nitrogens is 1. The molecule has 1 unspecified atom stereocenters. The van der Waals surface area contributed by atoms with Gasteiger partial charge in [0, 0.05) is 38.7 Å². The van der Waals surface area contributed by atoms with E-state index in [2.05, 4.69) is 4.98 Å². The predicted octanol–water partition coefficient (Wildman–Crippen LogP) is 2.35. The third-order valence-electron chi connectivity index (χ3n) is 7.00. The number of carbonyl (C=O) groups is 4. The molecule has 9 nitrogen and oxygen atoms in total. The van der Waals surface area contributed by atoms with Gasteiger partial charge in [0.15, 0.2) is 0 Å². The number of benzene rings is 1. The van der Waals surface area contributed by atoms with Crippen molar-refractivity contribution in [3.8, 4) is 5.75 Å². The number of esters is 1. The van der Waals surface area contributed by atoms with Gasteiger partial charge < -0.3 is 14.4 Å². The lowest BCUT2D eigenvalue weighted by Gasteiger charge is -2.34. The smallest absolute Gasteiger partial charge is 0.308 e. The molecule has 2 aliphatic rings. The van der Waals surface area contributed by atoms with Crippen LogP contribution >= 0.6 is 0 Å². The summed E-state index contributed by atoms with van der Waals surface area (Å²) in [7, 11) is 1.36. The summed E-state index contributed by atoms with van der Waals surface area (Å²) in [5, 5.41) is 0. The molecule has 0 radical (unpaired) electrons. The van der Waals surface area contributed by atoms with Crippen molar-refractivity contribution in [1.82, 2.24) is 14.8 Å². The first-order valence-electron chi connectivity index (χ1n) is 12.2. The van der Waals surface area contributed by atoms with Gasteiger partial charge in [0.1, 0.15) is 5.75 Å². The summed E-state index contributed by atoms with van der Waals surface area (Å²) in [6, 6.07) is 12.6. The zero-order chi connectivity index (χ0) is 25.5. The van der Waals surface area contributed by atoms with Crippen LogP contribution in [0.25, 0.3) is 0 Å². The van der Waals surface area contributed by atoms with Gasteiger partial charge in [-0.25, -0.2) is 0 Å². The highest BCUT2D eigenvalue weighted by Gasteiger charge is 2.54. The maximum absolute atomic E-state index is 13.7. The summed E-state index contributed by atoms with van der Waals surface area (Å²) in [5.74, 6) is -0.689. The Labute approximate surface area is 210 Å². The largest absolute Gasteiger partial charge is 0.492 e. The lowest BCUT2D eigenvalue weighted by Crippen LogP contribution is -2.46. The molecule has 36 heavy (non-hydrogen) atoms. The number of methoxy groups -OCH3 is 1. The van der Waals surface area contributed by atoms with Gasteiger partial charge in [-0.1, -0.05) is 30.3 Å². The van der Waals surface area contributed by atoms with E-state index in [1.165, 1.54) is 12.0 Å². The number of carbonyl (C=O) groups excluding carboxylic acids is 4. The van der Waals surface area contributed by atoms with Gasteiger partial charge in [0.05, 0.1) is 31.2 Å². The van der Waals surface area contributed by atoms with E-state index < -0.39 is 5.41 Å². The molecule has 2 aliphatic heterocycles. The first kappa shape index (κ1) is 25.3. The van der Waals surface area contributed by atoms with E-state index in [9.17, 15) is 19.2 Å². The molecule has 1 atom stereocenters. The number of amides is 3. The summed E-state index contributed by atoms with van der Waals surface area (Å²) in [5.41, 5.74) is -0.575. The number of ether oxygens (including phenoxy) is 2. The Kier molecular flexibility index (Phi) is 7.97. The van der Waals surface area contributed by atoms with Gasteiger partial charge in [-0.3, -0.25) is 29.1 Å². The number of likely N-dealkylation sites (tertiary alicyclic amines) is 2. The lowest BCUT2D eigenvalue weighted by molar-refractivity contribution is -0.149. The molecular weight excluding hydrogens is 462 g/mol. The number of piperidine rings is 1. The van der Waals surface area contributed by atoms with E-state index in [0.717, 1.165) is 0 Å². The Balaban J connectivity index is 1.44. The number of hydrogen-bond acceptors (Lipinski definition) is 7. The zero-order valence-corrected chi connectivity index (χ0v) is 20.4. The molecule has 1 aromatic heterocycles. The van der Waals surface area contributed by atoms with Gasteiger partial charge in [-0.15, -0.1) is 0 Å². The highest BCUT2D eigenvalue weighted by Crippen LogP contribution is 2.40. The molecule has 0 aliphatic carbocycles. The SMILES string of the molecule is COC(=O)C1CCN(C(=O)CC2(c3ccccc3)CC(=O)N(CCCOc3cccnc3)C2=O)CC1. The van der Waals surface area contributed by atoms with E-state index >= 15 is 0 Å². The van der Waals surface area contributed by atoms with Crippen LogP contribution < -0.4 is 4.74 Å². The normalized spacial score (nSPS) is 20.5. The van der Waals surface area contributed by atoms with Crippen LogP contribution in [0.4, 0.5) is 0 Å². The molecule has 0 spiro atoms. The quantitative estimate of drug-likeness (QED) is 0.300. The summed E-state index contributed by atoms with van der Waals surface area (Å²) in [4.78, 5) is 58.9. The van der Waals surface area contributed by atoms with E-state index in [1.807, 2.05) is 18.2 Å². The Morgan fingerprint density at radius 1 is 1.08 bits per heavy atom. The van der Waals surface area contributed by atoms with E-state index in [1.54, 1.807) is 41.6 Å². The first-order valence-corrected chi connectivity index (χ1v) is 12.2. The second-order valence-corrected chi connectivity index (χ2v) is 9.22. The fourth-order valence-electron chi connectivity index (χ4n) is 5.00. The summed E-state index contributed by atoms with van der Waals surface area (Å²) in [6.45, 7) is 1.38. The van der Waals surface area contributed by atoms with Crippen LogP contribution in [0.1, 0.15) is 37.7 Å². The van der Waals surface area contributed by atoms with Crippen LogP contribution in [0.15, 0.2) is 54.9 Å². The Hall–Kier alpha value is -3.75. The minimum absolute atomic E-state index is 0.0519. The van der Waals surface area contributed by atoms with Gasteiger partial charge in [0.2, 0.25) is 17.7 Å². The Bertz CT molecular complexity index is 1090. The van der Waals surface area contributed by atoms with Crippen LogP contribution in [-0.4, -0.2) is 71.8 Å². The highest BCUT2D eigenvalue weighted by atomic mass is 16.5. The predicted molar refractivity (Wildman–Crippen MR) is 130 cm³/mol. The molecule has 0 bridgehead atoms. The van der Waals surface area contributed by atoms with Crippen molar-refractivity contribution in [3.63, 3.8) is 0 Å². The maximum Gasteiger partial charge on any atom is 0.308 e. The molecule has 1 aromatic carbocycles. The third-order valence-corrected chi connectivity index (χ3v) is 7.00. The highest BCUT2D eigenvalue weighted by molar-refractivity contribution is 6.10. The topological polar surface area (TPSA) is 106 Å². The van der Waals surface area contributed by atoms with E-state index in [4.69, 9.17) is 9.47 Å².